The molecule has 0 aromatic rings. The Labute approximate surface area is 241 Å². The molecule has 0 aliphatic heterocycles. The molecule has 0 N–H and O–H groups in total. The minimum absolute atomic E-state index is 1.07. The van der Waals surface area contributed by atoms with Crippen molar-refractivity contribution in [1.29, 1.82) is 0 Å². The lowest BCUT2D eigenvalue weighted by atomic mass is 9.96. The topological polar surface area (TPSA) is 0 Å². The van der Waals surface area contributed by atoms with E-state index < -0.39 is 0 Å². The van der Waals surface area contributed by atoms with Crippen LogP contribution in [0.5, 0.6) is 0 Å². The van der Waals surface area contributed by atoms with Gasteiger partial charge in [-0.2, -0.15) is 0 Å². The molecule has 0 bridgehead atoms. The van der Waals surface area contributed by atoms with Gasteiger partial charge >= 0.3 is 0 Å². The van der Waals surface area contributed by atoms with Crippen molar-refractivity contribution in [2.45, 2.75) is 90.9 Å². The van der Waals surface area contributed by atoms with Crippen LogP contribution < -0.4 is 0 Å². The first-order chi connectivity index (χ1) is 19.0. The molecule has 4 rings (SSSR count). The van der Waals surface area contributed by atoms with Crippen molar-refractivity contribution >= 4 is 0 Å². The van der Waals surface area contributed by atoms with E-state index >= 15 is 0 Å². The predicted molar refractivity (Wildman–Crippen MR) is 178 cm³/mol. The Hall–Kier alpha value is -3.34. The van der Waals surface area contributed by atoms with Crippen molar-refractivity contribution in [1.82, 2.24) is 0 Å². The fourth-order valence-electron chi connectivity index (χ4n) is 4.31. The molecule has 0 nitrogen and oxygen atoms in total. The molecule has 0 saturated heterocycles. The van der Waals surface area contributed by atoms with Gasteiger partial charge in [0.05, 0.1) is 0 Å². The molecule has 0 aromatic heterocycles. The van der Waals surface area contributed by atoms with Crippen molar-refractivity contribution in [2.24, 2.45) is 0 Å². The van der Waals surface area contributed by atoms with Crippen molar-refractivity contribution in [3.8, 4) is 0 Å². The summed E-state index contributed by atoms with van der Waals surface area (Å²) in [7, 11) is 0. The molecule has 0 amide bonds. The quantitative estimate of drug-likeness (QED) is 0.177. The second kappa shape index (κ2) is 22.6. The summed E-state index contributed by atoms with van der Waals surface area (Å²) in [4.78, 5) is 0. The number of hydrogen-bond donors (Lipinski definition) is 0. The van der Waals surface area contributed by atoms with Crippen molar-refractivity contribution in [3.63, 3.8) is 0 Å². The van der Waals surface area contributed by atoms with Gasteiger partial charge in [-0.3, -0.25) is 0 Å². The monoisotopic (exact) mass is 520 g/mol. The molecule has 0 unspecified atom stereocenters. The molecule has 4 aliphatic carbocycles. The maximum atomic E-state index is 4.21. The highest BCUT2D eigenvalue weighted by atomic mass is 14.2. The molecule has 4 aliphatic rings. The molecule has 0 saturated carbocycles. The Kier molecular flexibility index (Phi) is 19.5. The van der Waals surface area contributed by atoms with Gasteiger partial charge in [0, 0.05) is 5.57 Å². The van der Waals surface area contributed by atoms with E-state index in [-0.39, 0.29) is 0 Å². The van der Waals surface area contributed by atoms with E-state index in [1.54, 1.807) is 11.1 Å². The lowest BCUT2D eigenvalue weighted by Gasteiger charge is -2.09. The first-order valence-corrected chi connectivity index (χ1v) is 14.9. The maximum Gasteiger partial charge on any atom is 0.0158 e. The van der Waals surface area contributed by atoms with Crippen LogP contribution in [0.2, 0.25) is 0 Å². The van der Waals surface area contributed by atoms with Gasteiger partial charge in [0.2, 0.25) is 0 Å². The van der Waals surface area contributed by atoms with Gasteiger partial charge in [-0.25, -0.2) is 0 Å². The van der Waals surface area contributed by atoms with Crippen LogP contribution in [0.1, 0.15) is 90.9 Å². The molecule has 0 radical (unpaired) electrons. The molecule has 0 aromatic carbocycles. The third-order valence-electron chi connectivity index (χ3n) is 6.67. The summed E-state index contributed by atoms with van der Waals surface area (Å²) in [6, 6.07) is 0. The molecule has 0 atom stereocenters. The van der Waals surface area contributed by atoms with Gasteiger partial charge in [0.15, 0.2) is 0 Å². The second-order valence-corrected chi connectivity index (χ2v) is 10.1. The summed E-state index contributed by atoms with van der Waals surface area (Å²) >= 11 is 0. The Morgan fingerprint density at radius 2 is 0.949 bits per heavy atom. The van der Waals surface area contributed by atoms with E-state index in [4.69, 9.17) is 0 Å². The van der Waals surface area contributed by atoms with E-state index in [1.165, 1.54) is 82.6 Å². The SMILES string of the molecule is C=C1C=CC(CCCCCCC)=C1CCCCCCC.C=C1C=CC=C1.C=C1C=CC=C1.C=C=C1C=CC=C1. The zero-order valence-corrected chi connectivity index (χ0v) is 24.9. The van der Waals surface area contributed by atoms with Crippen LogP contribution in [0.15, 0.2) is 151 Å². The maximum absolute atomic E-state index is 4.21. The third kappa shape index (κ3) is 17.0. The predicted octanol–water partition coefficient (Wildman–Crippen LogP) is 12.3. The second-order valence-electron chi connectivity index (χ2n) is 10.1. The normalized spacial score (nSPS) is 15.4. The first kappa shape index (κ1) is 33.7. The van der Waals surface area contributed by atoms with Crippen LogP contribution in [-0.4, -0.2) is 0 Å². The Morgan fingerprint density at radius 3 is 1.33 bits per heavy atom. The Bertz CT molecular complexity index is 971. The summed E-state index contributed by atoms with van der Waals surface area (Å²) in [5.41, 5.74) is 10.4. The van der Waals surface area contributed by atoms with Crippen molar-refractivity contribution in [3.05, 3.63) is 151 Å². The third-order valence-corrected chi connectivity index (χ3v) is 6.67. The van der Waals surface area contributed by atoms with Crippen molar-refractivity contribution in [2.75, 3.05) is 0 Å². The van der Waals surface area contributed by atoms with Crippen LogP contribution in [0, 0.1) is 0 Å². The van der Waals surface area contributed by atoms with Crippen LogP contribution in [-0.2, 0) is 0 Å². The summed E-state index contributed by atoms with van der Waals surface area (Å²) in [5, 5.41) is 0. The fourth-order valence-corrected chi connectivity index (χ4v) is 4.31. The highest BCUT2D eigenvalue weighted by Gasteiger charge is 2.12. The molecule has 0 fully saturated rings. The van der Waals surface area contributed by atoms with Crippen molar-refractivity contribution < 1.29 is 0 Å². The van der Waals surface area contributed by atoms with E-state index in [2.05, 4.69) is 58.0 Å². The van der Waals surface area contributed by atoms with E-state index in [9.17, 15) is 0 Å². The fraction of sp³-hybridized carbons (Fsp3) is 0.359. The smallest absolute Gasteiger partial charge is 0.0158 e. The molecule has 0 spiro atoms. The minimum atomic E-state index is 1.07. The zero-order valence-electron chi connectivity index (χ0n) is 24.9. The molecular formula is C39H52. The summed E-state index contributed by atoms with van der Waals surface area (Å²) < 4.78 is 0. The number of hydrogen-bond acceptors (Lipinski definition) is 0. The van der Waals surface area contributed by atoms with Gasteiger partial charge < -0.3 is 0 Å². The van der Waals surface area contributed by atoms with Crippen LogP contribution in [0.25, 0.3) is 0 Å². The summed E-state index contributed by atoms with van der Waals surface area (Å²) in [6.07, 6.45) is 44.4. The summed E-state index contributed by atoms with van der Waals surface area (Å²) in [6.45, 7) is 19.6. The van der Waals surface area contributed by atoms with Gasteiger partial charge in [-0.05, 0) is 65.7 Å². The lowest BCUT2D eigenvalue weighted by Crippen LogP contribution is -1.90. The molecular weight excluding hydrogens is 468 g/mol. The zero-order chi connectivity index (χ0) is 28.6. The van der Waals surface area contributed by atoms with E-state index in [1.807, 2.05) is 72.9 Å². The van der Waals surface area contributed by atoms with Crippen LogP contribution >= 0.6 is 0 Å². The van der Waals surface area contributed by atoms with Crippen LogP contribution in [0.3, 0.4) is 0 Å². The minimum Gasteiger partial charge on any atom is -0.121 e. The Balaban J connectivity index is 0.000000319. The Morgan fingerprint density at radius 1 is 0.513 bits per heavy atom. The van der Waals surface area contributed by atoms with Gasteiger partial charge in [-0.1, -0.05) is 164 Å². The average molecular weight is 521 g/mol. The van der Waals surface area contributed by atoms with Gasteiger partial charge in [-0.15, -0.1) is 5.73 Å². The highest BCUT2D eigenvalue weighted by Crippen LogP contribution is 2.31. The standard InChI is InChI=1S/C20H34.C7H6.2C6H6/c1-4-6-8-10-12-14-19-17-16-18(3)20(19)15-13-11-9-7-5-2;1-2-7-5-3-4-6-7;2*1-6-4-2-3-5-6/h16-17H,3-15H2,1-2H3;3-6H,1H2;2*2-5H,1H2. The highest BCUT2D eigenvalue weighted by molar-refractivity contribution is 5.52. The summed E-state index contributed by atoms with van der Waals surface area (Å²) in [5.74, 6) is 0. The van der Waals surface area contributed by atoms with Gasteiger partial charge in [0.1, 0.15) is 0 Å². The average Bonchev–Trinajstić information content (AvgIpc) is 3.76. The number of rotatable bonds is 12. The van der Waals surface area contributed by atoms with Gasteiger partial charge in [0.25, 0.3) is 0 Å². The van der Waals surface area contributed by atoms with E-state index in [0.717, 1.165) is 16.7 Å². The largest absolute Gasteiger partial charge is 0.121 e. The van der Waals surface area contributed by atoms with Crippen LogP contribution in [0.4, 0.5) is 0 Å². The molecule has 208 valence electrons. The molecule has 39 heavy (non-hydrogen) atoms. The first-order valence-electron chi connectivity index (χ1n) is 14.9. The number of allylic oxidation sites excluding steroid dienone is 20. The molecule has 0 heteroatoms. The lowest BCUT2D eigenvalue weighted by molar-refractivity contribution is 0.623. The van der Waals surface area contributed by atoms with E-state index in [0.29, 0.717) is 0 Å². The molecule has 0 heterocycles. The number of unbranched alkanes of at least 4 members (excludes halogenated alkanes) is 8.